The van der Waals surface area contributed by atoms with Crippen molar-refractivity contribution in [3.63, 3.8) is 0 Å². The van der Waals surface area contributed by atoms with Gasteiger partial charge in [-0.1, -0.05) is 31.2 Å². The summed E-state index contributed by atoms with van der Waals surface area (Å²) in [5, 5.41) is 0. The zero-order valence-electron chi connectivity index (χ0n) is 13.0. The molecule has 2 rings (SSSR count). The number of nitrogens with one attached hydrogen (secondary N) is 2. The van der Waals surface area contributed by atoms with Crippen LogP contribution in [0.5, 0.6) is 5.75 Å². The summed E-state index contributed by atoms with van der Waals surface area (Å²) in [6, 6.07) is 12.0. The molecule has 0 saturated carbocycles. The summed E-state index contributed by atoms with van der Waals surface area (Å²) in [6.07, 6.45) is 0.887. The number of aryl methyl sites for hydroxylation is 1. The van der Waals surface area contributed by atoms with Crippen molar-refractivity contribution in [1.82, 2.24) is 10.3 Å². The highest BCUT2D eigenvalue weighted by molar-refractivity contribution is 7.89. The third-order valence-corrected chi connectivity index (χ3v) is 4.43. The van der Waals surface area contributed by atoms with E-state index in [-0.39, 0.29) is 6.61 Å². The Morgan fingerprint density at radius 1 is 1.12 bits per heavy atom. The van der Waals surface area contributed by atoms with Crippen LogP contribution in [-0.4, -0.2) is 20.9 Å². The molecule has 0 bridgehead atoms. The van der Waals surface area contributed by atoms with Gasteiger partial charge in [0.1, 0.15) is 16.5 Å². The van der Waals surface area contributed by atoms with Crippen LogP contribution in [0.25, 0.3) is 0 Å². The van der Waals surface area contributed by atoms with Crippen molar-refractivity contribution in [2.24, 2.45) is 0 Å². The first-order valence-corrected chi connectivity index (χ1v) is 8.67. The zero-order valence-corrected chi connectivity index (χ0v) is 13.8. The van der Waals surface area contributed by atoms with Crippen molar-refractivity contribution in [3.8, 4) is 5.75 Å². The van der Waals surface area contributed by atoms with E-state index in [1.54, 1.807) is 12.1 Å². The molecule has 2 aromatic rings. The number of rotatable bonds is 7. The fourth-order valence-electron chi connectivity index (χ4n) is 1.85. The fraction of sp³-hybridized carbons (Fsp3) is 0.188. The topological polar surface area (TPSA) is 84.5 Å². The van der Waals surface area contributed by atoms with Gasteiger partial charge in [-0.15, -0.1) is 4.83 Å². The van der Waals surface area contributed by atoms with Crippen LogP contribution in [0.2, 0.25) is 0 Å². The van der Waals surface area contributed by atoms with Crippen molar-refractivity contribution < 1.29 is 22.3 Å². The van der Waals surface area contributed by atoms with E-state index in [1.807, 2.05) is 29.3 Å². The average Bonchev–Trinajstić information content (AvgIpc) is 2.59. The van der Waals surface area contributed by atoms with Gasteiger partial charge < -0.3 is 4.74 Å². The molecule has 8 heteroatoms. The number of amides is 1. The van der Waals surface area contributed by atoms with E-state index in [1.165, 1.54) is 12.1 Å². The second-order valence-electron chi connectivity index (χ2n) is 4.87. The van der Waals surface area contributed by atoms with Crippen molar-refractivity contribution >= 4 is 15.9 Å². The molecule has 0 spiro atoms. The quantitative estimate of drug-likeness (QED) is 0.744. The minimum atomic E-state index is -4.19. The maximum atomic E-state index is 13.5. The summed E-state index contributed by atoms with van der Waals surface area (Å²) in [7, 11) is -4.19. The Morgan fingerprint density at radius 2 is 1.79 bits per heavy atom. The summed E-state index contributed by atoms with van der Waals surface area (Å²) < 4.78 is 42.5. The largest absolute Gasteiger partial charge is 0.484 e. The van der Waals surface area contributed by atoms with E-state index >= 15 is 0 Å². The monoisotopic (exact) mass is 352 g/mol. The molecule has 6 nitrogen and oxygen atoms in total. The third kappa shape index (κ3) is 4.77. The smallest absolute Gasteiger partial charge is 0.272 e. The highest BCUT2D eigenvalue weighted by atomic mass is 32.2. The molecule has 1 amide bonds. The molecule has 0 unspecified atom stereocenters. The number of ether oxygens (including phenoxy) is 1. The first-order valence-electron chi connectivity index (χ1n) is 7.19. The predicted octanol–water partition coefficient (Wildman–Crippen LogP) is 1.78. The number of halogens is 1. The molecular weight excluding hydrogens is 335 g/mol. The summed E-state index contributed by atoms with van der Waals surface area (Å²) in [5.41, 5.74) is 3.10. The lowest BCUT2D eigenvalue weighted by molar-refractivity contribution is -0.123. The SMILES string of the molecule is CCc1ccc(OCC(=O)NNS(=O)(=O)c2ccccc2F)cc1. The summed E-state index contributed by atoms with van der Waals surface area (Å²) in [5.74, 6) is -1.14. The van der Waals surface area contributed by atoms with Crippen molar-refractivity contribution in [2.75, 3.05) is 6.61 Å². The van der Waals surface area contributed by atoms with E-state index in [0.29, 0.717) is 5.75 Å². The zero-order chi connectivity index (χ0) is 17.6. The Morgan fingerprint density at radius 3 is 2.42 bits per heavy atom. The van der Waals surface area contributed by atoms with E-state index in [9.17, 15) is 17.6 Å². The molecule has 0 aromatic heterocycles. The second-order valence-corrected chi connectivity index (χ2v) is 6.52. The molecule has 0 aliphatic heterocycles. The first-order chi connectivity index (χ1) is 11.4. The summed E-state index contributed by atoms with van der Waals surface area (Å²) in [4.78, 5) is 12.9. The van der Waals surface area contributed by atoms with Gasteiger partial charge in [-0.2, -0.15) is 0 Å². The van der Waals surface area contributed by atoms with Crippen LogP contribution in [0.3, 0.4) is 0 Å². The Bertz CT molecular complexity index is 807. The average molecular weight is 352 g/mol. The van der Waals surface area contributed by atoms with Gasteiger partial charge in [0.15, 0.2) is 6.61 Å². The Hall–Kier alpha value is -2.45. The molecule has 0 saturated heterocycles. The van der Waals surface area contributed by atoms with Crippen LogP contribution >= 0.6 is 0 Å². The maximum absolute atomic E-state index is 13.5. The molecular formula is C16H17FN2O4S. The van der Waals surface area contributed by atoms with Gasteiger partial charge in [0.2, 0.25) is 0 Å². The van der Waals surface area contributed by atoms with Gasteiger partial charge in [-0.25, -0.2) is 12.8 Å². The van der Waals surface area contributed by atoms with Gasteiger partial charge in [0.05, 0.1) is 0 Å². The van der Waals surface area contributed by atoms with Crippen molar-refractivity contribution in [1.29, 1.82) is 0 Å². The van der Waals surface area contributed by atoms with E-state index in [2.05, 4.69) is 0 Å². The number of carbonyl (C=O) groups is 1. The molecule has 24 heavy (non-hydrogen) atoms. The second kappa shape index (κ2) is 7.89. The van der Waals surface area contributed by atoms with Crippen LogP contribution in [0, 0.1) is 5.82 Å². The van der Waals surface area contributed by atoms with Crippen LogP contribution < -0.4 is 15.0 Å². The Labute approximate surface area is 139 Å². The predicted molar refractivity (Wildman–Crippen MR) is 86.2 cm³/mol. The van der Waals surface area contributed by atoms with E-state index < -0.39 is 26.6 Å². The summed E-state index contributed by atoms with van der Waals surface area (Å²) in [6.45, 7) is 1.64. The van der Waals surface area contributed by atoms with E-state index in [4.69, 9.17) is 4.74 Å². The van der Waals surface area contributed by atoms with Gasteiger partial charge in [0, 0.05) is 0 Å². The minimum absolute atomic E-state index is 0.384. The fourth-order valence-corrected chi connectivity index (χ4v) is 2.79. The van der Waals surface area contributed by atoms with E-state index in [0.717, 1.165) is 24.1 Å². The number of sulfonamides is 1. The molecule has 0 aliphatic rings. The minimum Gasteiger partial charge on any atom is -0.484 e. The van der Waals surface area contributed by atoms with Crippen LogP contribution in [0.4, 0.5) is 4.39 Å². The van der Waals surface area contributed by atoms with Gasteiger partial charge in [-0.3, -0.25) is 10.2 Å². The standard InChI is InChI=1S/C16H17FN2O4S/c1-2-12-7-9-13(10-8-12)23-11-16(20)18-19-24(21,22)15-6-4-3-5-14(15)17/h3-10,19H,2,11H2,1H3,(H,18,20). The first kappa shape index (κ1) is 17.9. The summed E-state index contributed by atoms with van der Waals surface area (Å²) >= 11 is 0. The van der Waals surface area contributed by atoms with Crippen LogP contribution in [0.1, 0.15) is 12.5 Å². The van der Waals surface area contributed by atoms with Crippen molar-refractivity contribution in [3.05, 3.63) is 59.9 Å². The number of hydrogen-bond donors (Lipinski definition) is 2. The van der Waals surface area contributed by atoms with Gasteiger partial charge >= 0.3 is 0 Å². The lowest BCUT2D eigenvalue weighted by Crippen LogP contribution is -2.43. The maximum Gasteiger partial charge on any atom is 0.272 e. The molecule has 0 aliphatic carbocycles. The Balaban J connectivity index is 1.87. The number of benzene rings is 2. The number of hydrazine groups is 1. The van der Waals surface area contributed by atoms with Gasteiger partial charge in [0.25, 0.3) is 15.9 Å². The van der Waals surface area contributed by atoms with Crippen LogP contribution in [0.15, 0.2) is 53.4 Å². The lowest BCUT2D eigenvalue weighted by atomic mass is 10.2. The normalized spacial score (nSPS) is 11.1. The molecule has 0 fully saturated rings. The van der Waals surface area contributed by atoms with Crippen molar-refractivity contribution in [2.45, 2.75) is 18.2 Å². The molecule has 2 aromatic carbocycles. The van der Waals surface area contributed by atoms with Gasteiger partial charge in [-0.05, 0) is 36.2 Å². The highest BCUT2D eigenvalue weighted by Gasteiger charge is 2.19. The number of hydrogen-bond acceptors (Lipinski definition) is 4. The molecule has 0 atom stereocenters. The molecule has 0 radical (unpaired) electrons. The third-order valence-electron chi connectivity index (χ3n) is 3.15. The highest BCUT2D eigenvalue weighted by Crippen LogP contribution is 2.13. The lowest BCUT2D eigenvalue weighted by Gasteiger charge is -2.10. The Kier molecular flexibility index (Phi) is 5.88. The molecule has 2 N–H and O–H groups in total. The molecule has 128 valence electrons. The molecule has 0 heterocycles. The van der Waals surface area contributed by atoms with Crippen LogP contribution in [-0.2, 0) is 21.2 Å². The number of carbonyl (C=O) groups excluding carboxylic acids is 1.